The first-order chi connectivity index (χ1) is 5.41. The van der Waals surface area contributed by atoms with Crippen LogP contribution in [0.2, 0.25) is 0 Å². The zero-order chi connectivity index (χ0) is 9.24. The van der Waals surface area contributed by atoms with Crippen LogP contribution in [0.15, 0.2) is 0 Å². The van der Waals surface area contributed by atoms with Crippen LogP contribution in [0.5, 0.6) is 0 Å². The lowest BCUT2D eigenvalue weighted by molar-refractivity contribution is 0.324. The minimum Gasteiger partial charge on any atom is -0.324 e. The first-order valence-electron chi connectivity index (χ1n) is 4.95. The second-order valence-electron chi connectivity index (χ2n) is 5.11. The molecule has 0 unspecified atom stereocenters. The van der Waals surface area contributed by atoms with Crippen molar-refractivity contribution in [1.82, 2.24) is 5.32 Å². The summed E-state index contributed by atoms with van der Waals surface area (Å²) in [5.74, 6) is 0. The van der Waals surface area contributed by atoms with Gasteiger partial charge < -0.3 is 11.1 Å². The van der Waals surface area contributed by atoms with Crippen LogP contribution < -0.4 is 11.1 Å². The molecule has 0 saturated heterocycles. The summed E-state index contributed by atoms with van der Waals surface area (Å²) in [6.07, 6.45) is 5.36. The van der Waals surface area contributed by atoms with Crippen molar-refractivity contribution < 1.29 is 0 Å². The molecule has 2 nitrogen and oxygen atoms in total. The SMILES string of the molecule is CC(C)(N)CNC1(C)CCCC1. The molecule has 1 rings (SSSR count). The highest BCUT2D eigenvalue weighted by molar-refractivity contribution is 4.90. The molecule has 0 spiro atoms. The van der Waals surface area contributed by atoms with E-state index in [2.05, 4.69) is 26.1 Å². The molecule has 0 heterocycles. The third kappa shape index (κ3) is 3.11. The summed E-state index contributed by atoms with van der Waals surface area (Å²) in [7, 11) is 0. The summed E-state index contributed by atoms with van der Waals surface area (Å²) in [6, 6.07) is 0. The minimum absolute atomic E-state index is 0.0778. The lowest BCUT2D eigenvalue weighted by Gasteiger charge is -2.30. The molecule has 0 aliphatic heterocycles. The zero-order valence-electron chi connectivity index (χ0n) is 8.61. The van der Waals surface area contributed by atoms with Crippen molar-refractivity contribution in [2.45, 2.75) is 57.5 Å². The normalized spacial score (nSPS) is 23.0. The van der Waals surface area contributed by atoms with Crippen molar-refractivity contribution in [1.29, 1.82) is 0 Å². The predicted molar refractivity (Wildman–Crippen MR) is 53.1 cm³/mol. The fourth-order valence-corrected chi connectivity index (χ4v) is 1.77. The van der Waals surface area contributed by atoms with Crippen LogP contribution >= 0.6 is 0 Å². The summed E-state index contributed by atoms with van der Waals surface area (Å²) >= 11 is 0. The summed E-state index contributed by atoms with van der Waals surface area (Å²) in [4.78, 5) is 0. The molecule has 0 amide bonds. The maximum Gasteiger partial charge on any atom is 0.0223 e. The van der Waals surface area contributed by atoms with Crippen molar-refractivity contribution in [2.75, 3.05) is 6.54 Å². The van der Waals surface area contributed by atoms with Gasteiger partial charge in [-0.05, 0) is 33.6 Å². The van der Waals surface area contributed by atoms with Gasteiger partial charge in [-0.2, -0.15) is 0 Å². The van der Waals surface area contributed by atoms with E-state index in [1.807, 2.05) is 0 Å². The highest BCUT2D eigenvalue weighted by Crippen LogP contribution is 2.28. The summed E-state index contributed by atoms with van der Waals surface area (Å²) in [5.41, 5.74) is 6.20. The van der Waals surface area contributed by atoms with E-state index >= 15 is 0 Å². The Morgan fingerprint density at radius 1 is 1.33 bits per heavy atom. The lowest BCUT2D eigenvalue weighted by atomic mass is 9.98. The smallest absolute Gasteiger partial charge is 0.0223 e. The predicted octanol–water partition coefficient (Wildman–Crippen LogP) is 1.65. The van der Waals surface area contributed by atoms with Crippen LogP contribution in [0.3, 0.4) is 0 Å². The second kappa shape index (κ2) is 3.35. The van der Waals surface area contributed by atoms with Crippen molar-refractivity contribution in [3.8, 4) is 0 Å². The van der Waals surface area contributed by atoms with Gasteiger partial charge in [0.05, 0.1) is 0 Å². The molecule has 0 radical (unpaired) electrons. The Morgan fingerprint density at radius 2 is 1.83 bits per heavy atom. The Hall–Kier alpha value is -0.0800. The van der Waals surface area contributed by atoms with Crippen LogP contribution in [-0.4, -0.2) is 17.6 Å². The maximum absolute atomic E-state index is 5.91. The molecule has 0 bridgehead atoms. The van der Waals surface area contributed by atoms with Gasteiger partial charge in [0.25, 0.3) is 0 Å². The third-order valence-electron chi connectivity index (χ3n) is 2.68. The van der Waals surface area contributed by atoms with Crippen LogP contribution in [0, 0.1) is 0 Å². The topological polar surface area (TPSA) is 38.0 Å². The Bertz CT molecular complexity index is 140. The third-order valence-corrected chi connectivity index (χ3v) is 2.68. The number of hydrogen-bond acceptors (Lipinski definition) is 2. The molecule has 0 aromatic rings. The molecule has 0 atom stereocenters. The van der Waals surface area contributed by atoms with Crippen LogP contribution in [0.1, 0.15) is 46.5 Å². The Morgan fingerprint density at radius 3 is 2.25 bits per heavy atom. The summed E-state index contributed by atoms with van der Waals surface area (Å²) in [5, 5.41) is 3.57. The second-order valence-corrected chi connectivity index (χ2v) is 5.11. The fourth-order valence-electron chi connectivity index (χ4n) is 1.77. The summed E-state index contributed by atoms with van der Waals surface area (Å²) in [6.45, 7) is 7.37. The average Bonchev–Trinajstić information content (AvgIpc) is 2.32. The first kappa shape index (κ1) is 10.0. The van der Waals surface area contributed by atoms with E-state index in [-0.39, 0.29) is 5.54 Å². The number of nitrogens with one attached hydrogen (secondary N) is 1. The highest BCUT2D eigenvalue weighted by atomic mass is 15.0. The van der Waals surface area contributed by atoms with Crippen molar-refractivity contribution in [2.24, 2.45) is 5.73 Å². The Kier molecular flexibility index (Phi) is 2.79. The maximum atomic E-state index is 5.91. The Balaban J connectivity index is 2.30. The molecule has 3 N–H and O–H groups in total. The molecular formula is C10H22N2. The standard InChI is InChI=1S/C10H22N2/c1-9(2,11)8-12-10(3)6-4-5-7-10/h12H,4-8,11H2,1-3H3. The largest absolute Gasteiger partial charge is 0.324 e. The van der Waals surface area contributed by atoms with Crippen LogP contribution in [-0.2, 0) is 0 Å². The van der Waals surface area contributed by atoms with Gasteiger partial charge >= 0.3 is 0 Å². The molecule has 1 aliphatic rings. The molecular weight excluding hydrogens is 148 g/mol. The Labute approximate surface area is 75.9 Å². The molecule has 0 aromatic heterocycles. The van der Waals surface area contributed by atoms with Crippen LogP contribution in [0.25, 0.3) is 0 Å². The quantitative estimate of drug-likeness (QED) is 0.676. The number of rotatable bonds is 3. The molecule has 1 aliphatic carbocycles. The first-order valence-corrected chi connectivity index (χ1v) is 4.95. The molecule has 2 heteroatoms. The van der Waals surface area contributed by atoms with E-state index in [4.69, 9.17) is 5.73 Å². The van der Waals surface area contributed by atoms with Crippen molar-refractivity contribution in [3.63, 3.8) is 0 Å². The molecule has 0 aromatic carbocycles. The zero-order valence-corrected chi connectivity index (χ0v) is 8.61. The highest BCUT2D eigenvalue weighted by Gasteiger charge is 2.29. The van der Waals surface area contributed by atoms with E-state index in [0.717, 1.165) is 6.54 Å². The van der Waals surface area contributed by atoms with Gasteiger partial charge in [0.1, 0.15) is 0 Å². The van der Waals surface area contributed by atoms with Crippen LogP contribution in [0.4, 0.5) is 0 Å². The fraction of sp³-hybridized carbons (Fsp3) is 1.00. The molecule has 72 valence electrons. The number of nitrogens with two attached hydrogens (primary N) is 1. The van der Waals surface area contributed by atoms with Gasteiger partial charge in [0, 0.05) is 17.6 Å². The monoisotopic (exact) mass is 170 g/mol. The van der Waals surface area contributed by atoms with Gasteiger partial charge in [-0.1, -0.05) is 12.8 Å². The van der Waals surface area contributed by atoms with E-state index in [1.54, 1.807) is 0 Å². The minimum atomic E-state index is -0.0778. The average molecular weight is 170 g/mol. The lowest BCUT2D eigenvalue weighted by Crippen LogP contribution is -2.50. The molecule has 1 fully saturated rings. The number of hydrogen-bond donors (Lipinski definition) is 2. The van der Waals surface area contributed by atoms with Gasteiger partial charge in [-0.15, -0.1) is 0 Å². The van der Waals surface area contributed by atoms with Gasteiger partial charge in [-0.3, -0.25) is 0 Å². The summed E-state index contributed by atoms with van der Waals surface area (Å²) < 4.78 is 0. The van der Waals surface area contributed by atoms with E-state index in [9.17, 15) is 0 Å². The van der Waals surface area contributed by atoms with E-state index < -0.39 is 0 Å². The van der Waals surface area contributed by atoms with Gasteiger partial charge in [0.2, 0.25) is 0 Å². The molecule has 12 heavy (non-hydrogen) atoms. The van der Waals surface area contributed by atoms with Gasteiger partial charge in [-0.25, -0.2) is 0 Å². The van der Waals surface area contributed by atoms with Crippen molar-refractivity contribution >= 4 is 0 Å². The van der Waals surface area contributed by atoms with E-state index in [1.165, 1.54) is 25.7 Å². The molecule has 1 saturated carbocycles. The van der Waals surface area contributed by atoms with Gasteiger partial charge in [0.15, 0.2) is 0 Å². The van der Waals surface area contributed by atoms with E-state index in [0.29, 0.717) is 5.54 Å². The van der Waals surface area contributed by atoms with Crippen molar-refractivity contribution in [3.05, 3.63) is 0 Å².